The van der Waals surface area contributed by atoms with E-state index in [1.165, 1.54) is 5.56 Å². The van der Waals surface area contributed by atoms with Crippen LogP contribution in [0.25, 0.3) is 0 Å². The Kier molecular flexibility index (Phi) is 16.0. The molecule has 1 aromatic rings. The fraction of sp³-hybridized carbons (Fsp3) is 0.774. The minimum atomic E-state index is -0.609. The summed E-state index contributed by atoms with van der Waals surface area (Å²) in [6.45, 7) is 14.9. The molecule has 226 valence electrons. The first-order chi connectivity index (χ1) is 18.3. The molecular formula is C31H57N3O5. The Labute approximate surface area is 237 Å². The number of benzene rings is 1. The van der Waals surface area contributed by atoms with Gasteiger partial charge in [0.05, 0.1) is 25.2 Å². The zero-order chi connectivity index (χ0) is 29.6. The lowest BCUT2D eigenvalue weighted by Gasteiger charge is -2.31. The number of carbonyl (C=O) groups is 1. The van der Waals surface area contributed by atoms with Crippen LogP contribution >= 0.6 is 0 Å². The van der Waals surface area contributed by atoms with E-state index in [1.807, 2.05) is 19.9 Å². The van der Waals surface area contributed by atoms with E-state index < -0.39 is 11.5 Å². The number of aliphatic hydroxyl groups excluding tert-OH is 1. The van der Waals surface area contributed by atoms with Crippen LogP contribution in [-0.2, 0) is 16.0 Å². The maximum Gasteiger partial charge on any atom is 0.224 e. The van der Waals surface area contributed by atoms with Crippen molar-refractivity contribution in [1.29, 1.82) is 0 Å². The fourth-order valence-corrected chi connectivity index (χ4v) is 4.69. The van der Waals surface area contributed by atoms with Gasteiger partial charge in [-0.2, -0.15) is 0 Å². The summed E-state index contributed by atoms with van der Waals surface area (Å²) < 4.78 is 16.5. The third-order valence-corrected chi connectivity index (χ3v) is 7.92. The van der Waals surface area contributed by atoms with Crippen LogP contribution in [-0.4, -0.2) is 63.7 Å². The number of methoxy groups -OCH3 is 2. The maximum absolute atomic E-state index is 11.6. The molecule has 0 aromatic heterocycles. The highest BCUT2D eigenvalue weighted by Crippen LogP contribution is 2.31. The number of aliphatic hydroxyl groups is 1. The van der Waals surface area contributed by atoms with Gasteiger partial charge in [0.1, 0.15) is 0 Å². The molecule has 8 heteroatoms. The van der Waals surface area contributed by atoms with Gasteiger partial charge in [0.2, 0.25) is 5.91 Å². The molecule has 0 heterocycles. The van der Waals surface area contributed by atoms with Crippen LogP contribution in [0.5, 0.6) is 11.5 Å². The molecule has 0 bridgehead atoms. The topological polar surface area (TPSA) is 129 Å². The SMILES string of the molecule is COCCCOc1cc(CC[C@@H](C[C@H](N)[C@@H](O)C[C@H](CNCC(C)(C)C(N)=O)C(C)C)C(C)C)ccc1OC. The summed E-state index contributed by atoms with van der Waals surface area (Å²) in [4.78, 5) is 11.6. The largest absolute Gasteiger partial charge is 0.493 e. The third kappa shape index (κ3) is 12.9. The van der Waals surface area contributed by atoms with Crippen molar-refractivity contribution in [2.75, 3.05) is 40.5 Å². The summed E-state index contributed by atoms with van der Waals surface area (Å²) in [6, 6.07) is 5.83. The van der Waals surface area contributed by atoms with Crippen LogP contribution in [0.4, 0.5) is 0 Å². The van der Waals surface area contributed by atoms with Crippen molar-refractivity contribution in [3.8, 4) is 11.5 Å². The lowest BCUT2D eigenvalue weighted by molar-refractivity contribution is -0.125. The smallest absolute Gasteiger partial charge is 0.224 e. The fourth-order valence-electron chi connectivity index (χ4n) is 4.69. The molecule has 0 spiro atoms. The van der Waals surface area contributed by atoms with Gasteiger partial charge >= 0.3 is 0 Å². The van der Waals surface area contributed by atoms with Gasteiger partial charge < -0.3 is 36.1 Å². The van der Waals surface area contributed by atoms with E-state index >= 15 is 0 Å². The van der Waals surface area contributed by atoms with Crippen molar-refractivity contribution in [3.05, 3.63) is 23.8 Å². The van der Waals surface area contributed by atoms with E-state index in [1.54, 1.807) is 14.2 Å². The summed E-state index contributed by atoms with van der Waals surface area (Å²) in [6.07, 6.45) is 3.50. The van der Waals surface area contributed by atoms with Gasteiger partial charge in [0, 0.05) is 32.7 Å². The van der Waals surface area contributed by atoms with Gasteiger partial charge in [0.25, 0.3) is 0 Å². The summed E-state index contributed by atoms with van der Waals surface area (Å²) in [5.41, 5.74) is 12.7. The van der Waals surface area contributed by atoms with E-state index in [9.17, 15) is 9.90 Å². The summed E-state index contributed by atoms with van der Waals surface area (Å²) in [7, 11) is 3.34. The van der Waals surface area contributed by atoms with Gasteiger partial charge in [0.15, 0.2) is 11.5 Å². The second-order valence-electron chi connectivity index (χ2n) is 12.3. The minimum Gasteiger partial charge on any atom is -0.493 e. The molecule has 1 amide bonds. The molecule has 6 N–H and O–H groups in total. The molecule has 0 aliphatic rings. The van der Waals surface area contributed by atoms with E-state index in [-0.39, 0.29) is 17.9 Å². The van der Waals surface area contributed by atoms with Crippen LogP contribution in [0.1, 0.15) is 72.8 Å². The number of rotatable bonds is 21. The molecule has 0 radical (unpaired) electrons. The number of ether oxygens (including phenoxy) is 3. The summed E-state index contributed by atoms with van der Waals surface area (Å²) >= 11 is 0. The van der Waals surface area contributed by atoms with Gasteiger partial charge in [-0.1, -0.05) is 33.8 Å². The number of primary amides is 1. The van der Waals surface area contributed by atoms with Gasteiger partial charge in [-0.25, -0.2) is 0 Å². The highest BCUT2D eigenvalue weighted by atomic mass is 16.5. The second kappa shape index (κ2) is 17.7. The Morgan fingerprint density at radius 2 is 1.69 bits per heavy atom. The van der Waals surface area contributed by atoms with Gasteiger partial charge in [-0.15, -0.1) is 0 Å². The zero-order valence-corrected chi connectivity index (χ0v) is 25.8. The molecule has 0 aliphatic carbocycles. The maximum atomic E-state index is 11.6. The van der Waals surface area contributed by atoms with Crippen molar-refractivity contribution < 1.29 is 24.1 Å². The predicted molar refractivity (Wildman–Crippen MR) is 159 cm³/mol. The Morgan fingerprint density at radius 3 is 2.26 bits per heavy atom. The van der Waals surface area contributed by atoms with E-state index in [0.29, 0.717) is 50.5 Å². The van der Waals surface area contributed by atoms with Crippen LogP contribution in [0.3, 0.4) is 0 Å². The molecule has 1 aromatic carbocycles. The second-order valence-corrected chi connectivity index (χ2v) is 12.3. The number of hydrogen-bond donors (Lipinski definition) is 4. The Balaban J connectivity index is 2.71. The van der Waals surface area contributed by atoms with E-state index in [4.69, 9.17) is 25.7 Å². The van der Waals surface area contributed by atoms with Gasteiger partial charge in [-0.05, 0) is 87.4 Å². The third-order valence-electron chi connectivity index (χ3n) is 7.92. The average molecular weight is 552 g/mol. The zero-order valence-electron chi connectivity index (χ0n) is 25.8. The monoisotopic (exact) mass is 551 g/mol. The molecule has 1 rings (SSSR count). The number of hydrogen-bond acceptors (Lipinski definition) is 7. The lowest BCUT2D eigenvalue weighted by atomic mass is 9.81. The first-order valence-electron chi connectivity index (χ1n) is 14.5. The Hall–Kier alpha value is -1.87. The molecule has 0 saturated heterocycles. The van der Waals surface area contributed by atoms with E-state index in [0.717, 1.165) is 37.2 Å². The molecule has 0 aliphatic heterocycles. The Bertz CT molecular complexity index is 830. The average Bonchev–Trinajstić information content (AvgIpc) is 2.87. The predicted octanol–water partition coefficient (Wildman–Crippen LogP) is 4.16. The normalized spacial score (nSPS) is 15.3. The molecule has 0 fully saturated rings. The van der Waals surface area contributed by atoms with Crippen LogP contribution in [0.15, 0.2) is 18.2 Å². The molecule has 4 atom stereocenters. The van der Waals surface area contributed by atoms with Crippen molar-refractivity contribution >= 4 is 5.91 Å². The summed E-state index contributed by atoms with van der Waals surface area (Å²) in [5.74, 6) is 2.62. The number of nitrogens with one attached hydrogen (secondary N) is 1. The molecule has 0 saturated carbocycles. The first-order valence-corrected chi connectivity index (χ1v) is 14.5. The molecule has 39 heavy (non-hydrogen) atoms. The van der Waals surface area contributed by atoms with Crippen molar-refractivity contribution in [2.24, 2.45) is 40.6 Å². The number of nitrogens with two attached hydrogens (primary N) is 2. The number of aryl methyl sites for hydroxylation is 1. The van der Waals surface area contributed by atoms with Crippen LogP contribution < -0.4 is 26.3 Å². The van der Waals surface area contributed by atoms with Crippen molar-refractivity contribution in [3.63, 3.8) is 0 Å². The van der Waals surface area contributed by atoms with Crippen LogP contribution in [0, 0.1) is 29.1 Å². The number of carbonyl (C=O) groups excluding carboxylic acids is 1. The van der Waals surface area contributed by atoms with Crippen molar-refractivity contribution in [1.82, 2.24) is 5.32 Å². The molecule has 0 unspecified atom stereocenters. The Morgan fingerprint density at radius 1 is 1.03 bits per heavy atom. The van der Waals surface area contributed by atoms with Crippen LogP contribution in [0.2, 0.25) is 0 Å². The highest BCUT2D eigenvalue weighted by molar-refractivity contribution is 5.80. The van der Waals surface area contributed by atoms with Crippen molar-refractivity contribution in [2.45, 2.75) is 85.8 Å². The molecular weight excluding hydrogens is 494 g/mol. The lowest BCUT2D eigenvalue weighted by Crippen LogP contribution is -2.44. The number of amides is 1. The summed E-state index contributed by atoms with van der Waals surface area (Å²) in [5, 5.41) is 14.4. The van der Waals surface area contributed by atoms with Gasteiger partial charge in [-0.3, -0.25) is 4.79 Å². The standard InChI is InChI=1S/C31H57N3O5/c1-21(2)24(12-10-23-11-13-28(38-8)29(16-23)39-15-9-14-37-7)17-26(32)27(35)18-25(22(3)4)19-34-20-31(5,6)30(33)36/h11,13,16,21-22,24-27,34-35H,9-10,12,14-15,17-20,32H2,1-8H3,(H2,33,36)/t24-,25+,26-,27-/m0/s1. The quantitative estimate of drug-likeness (QED) is 0.169. The minimum absolute atomic E-state index is 0.244. The molecule has 8 nitrogen and oxygen atoms in total. The highest BCUT2D eigenvalue weighted by Gasteiger charge is 2.28. The van der Waals surface area contributed by atoms with E-state index in [2.05, 4.69) is 45.1 Å². The first kappa shape index (κ1) is 35.2.